The summed E-state index contributed by atoms with van der Waals surface area (Å²) in [5.74, 6) is 4.50. The molecule has 2 fully saturated rings. The van der Waals surface area contributed by atoms with E-state index < -0.39 is 0 Å². The molecular formula is C15H20N4O2. The summed E-state index contributed by atoms with van der Waals surface area (Å²) in [4.78, 5) is 2.42. The van der Waals surface area contributed by atoms with Gasteiger partial charge in [-0.1, -0.05) is 0 Å². The summed E-state index contributed by atoms with van der Waals surface area (Å²) in [6.45, 7) is 9.12. The van der Waals surface area contributed by atoms with Crippen LogP contribution in [0.5, 0.6) is 0 Å². The average molecular weight is 288 g/mol. The van der Waals surface area contributed by atoms with Crippen LogP contribution in [-0.4, -0.2) is 41.3 Å². The monoisotopic (exact) mass is 288 g/mol. The second-order valence-electron chi connectivity index (χ2n) is 6.20. The summed E-state index contributed by atoms with van der Waals surface area (Å²) in [7, 11) is 0. The molecule has 6 heteroatoms. The number of furan rings is 1. The summed E-state index contributed by atoms with van der Waals surface area (Å²) in [6, 6.07) is 1.94. The van der Waals surface area contributed by atoms with E-state index in [1.54, 1.807) is 0 Å². The highest BCUT2D eigenvalue weighted by atomic mass is 16.4. The molecule has 4 heterocycles. The van der Waals surface area contributed by atoms with Crippen molar-refractivity contribution in [1.82, 2.24) is 20.4 Å². The van der Waals surface area contributed by atoms with E-state index in [1.165, 1.54) is 0 Å². The molecule has 0 radical (unpaired) electrons. The first-order chi connectivity index (χ1) is 10.2. The van der Waals surface area contributed by atoms with Gasteiger partial charge in [-0.15, -0.1) is 10.2 Å². The quantitative estimate of drug-likeness (QED) is 0.925. The Kier molecular flexibility index (Phi) is 3.08. The van der Waals surface area contributed by atoms with Crippen LogP contribution in [0.3, 0.4) is 0 Å². The Balaban J connectivity index is 1.47. The van der Waals surface area contributed by atoms with E-state index in [9.17, 15) is 0 Å². The fourth-order valence-corrected chi connectivity index (χ4v) is 3.54. The van der Waals surface area contributed by atoms with Crippen molar-refractivity contribution in [3.63, 3.8) is 0 Å². The number of fused-ring (bicyclic) bond motifs is 1. The van der Waals surface area contributed by atoms with Crippen LogP contribution in [-0.2, 0) is 6.54 Å². The molecular weight excluding hydrogens is 268 g/mol. The fraction of sp³-hybridized carbons (Fsp3) is 0.600. The largest absolute Gasteiger partial charge is 0.466 e. The first-order valence-corrected chi connectivity index (χ1v) is 7.52. The molecule has 21 heavy (non-hydrogen) atoms. The van der Waals surface area contributed by atoms with Gasteiger partial charge in [0.2, 0.25) is 5.89 Å². The lowest BCUT2D eigenvalue weighted by molar-refractivity contribution is 0.273. The Labute approximate surface area is 123 Å². The van der Waals surface area contributed by atoms with Crippen LogP contribution < -0.4 is 5.32 Å². The van der Waals surface area contributed by atoms with Crippen molar-refractivity contribution < 1.29 is 8.83 Å². The smallest absolute Gasteiger partial charge is 0.251 e. The lowest BCUT2D eigenvalue weighted by Crippen LogP contribution is -2.25. The average Bonchev–Trinajstić information content (AvgIpc) is 3.14. The third kappa shape index (κ3) is 2.38. The molecule has 2 aliphatic rings. The summed E-state index contributed by atoms with van der Waals surface area (Å²) in [5, 5.41) is 11.8. The second kappa shape index (κ2) is 4.96. The molecule has 0 amide bonds. The number of aromatic nitrogens is 2. The molecule has 2 saturated heterocycles. The van der Waals surface area contributed by atoms with Gasteiger partial charge >= 0.3 is 0 Å². The van der Waals surface area contributed by atoms with Crippen LogP contribution in [0.2, 0.25) is 0 Å². The Hall–Kier alpha value is -1.66. The second-order valence-corrected chi connectivity index (χ2v) is 6.20. The highest BCUT2D eigenvalue weighted by Crippen LogP contribution is 2.29. The van der Waals surface area contributed by atoms with Crippen LogP contribution in [0.4, 0.5) is 0 Å². The standard InChI is InChI=1S/C15H20N4O2/c1-9-3-13(10(2)20-9)15-18-17-14(21-15)8-19-6-11-4-16-5-12(11)7-19/h3,11-12,16H,4-8H2,1-2H3. The summed E-state index contributed by atoms with van der Waals surface area (Å²) in [6.07, 6.45) is 0. The van der Waals surface area contributed by atoms with Gasteiger partial charge in [0.15, 0.2) is 0 Å². The van der Waals surface area contributed by atoms with Gasteiger partial charge in [-0.2, -0.15) is 0 Å². The topological polar surface area (TPSA) is 67.3 Å². The van der Waals surface area contributed by atoms with Crippen molar-refractivity contribution in [2.75, 3.05) is 26.2 Å². The summed E-state index contributed by atoms with van der Waals surface area (Å²) in [5.41, 5.74) is 0.897. The number of rotatable bonds is 3. The lowest BCUT2D eigenvalue weighted by Gasteiger charge is -2.13. The van der Waals surface area contributed by atoms with Crippen molar-refractivity contribution in [1.29, 1.82) is 0 Å². The molecule has 0 spiro atoms. The third-order valence-corrected chi connectivity index (χ3v) is 4.56. The molecule has 112 valence electrons. The Morgan fingerprint density at radius 2 is 1.95 bits per heavy atom. The Morgan fingerprint density at radius 3 is 2.62 bits per heavy atom. The summed E-state index contributed by atoms with van der Waals surface area (Å²) >= 11 is 0. The highest BCUT2D eigenvalue weighted by Gasteiger charge is 2.36. The van der Waals surface area contributed by atoms with Crippen molar-refractivity contribution in [3.8, 4) is 11.5 Å². The zero-order valence-corrected chi connectivity index (χ0v) is 12.4. The maximum Gasteiger partial charge on any atom is 0.251 e. The molecule has 2 unspecified atom stereocenters. The molecule has 2 aromatic rings. The normalized spacial score (nSPS) is 25.6. The maximum atomic E-state index is 5.81. The van der Waals surface area contributed by atoms with Gasteiger partial charge in [0.05, 0.1) is 12.1 Å². The van der Waals surface area contributed by atoms with Gasteiger partial charge in [-0.05, 0) is 44.8 Å². The van der Waals surface area contributed by atoms with Gasteiger partial charge in [0.25, 0.3) is 5.89 Å². The SMILES string of the molecule is Cc1cc(-c2nnc(CN3CC4CNCC4C3)o2)c(C)o1. The van der Waals surface area contributed by atoms with Gasteiger partial charge < -0.3 is 14.2 Å². The van der Waals surface area contributed by atoms with E-state index in [-0.39, 0.29) is 0 Å². The minimum Gasteiger partial charge on any atom is -0.466 e. The van der Waals surface area contributed by atoms with Crippen LogP contribution in [0.25, 0.3) is 11.5 Å². The molecule has 4 rings (SSSR count). The molecule has 6 nitrogen and oxygen atoms in total. The van der Waals surface area contributed by atoms with Crippen molar-refractivity contribution >= 4 is 0 Å². The van der Waals surface area contributed by atoms with Gasteiger partial charge in [0, 0.05) is 13.1 Å². The van der Waals surface area contributed by atoms with Gasteiger partial charge in [-0.3, -0.25) is 4.90 Å². The number of hydrogen-bond acceptors (Lipinski definition) is 6. The van der Waals surface area contributed by atoms with Crippen LogP contribution in [0.1, 0.15) is 17.4 Å². The van der Waals surface area contributed by atoms with Gasteiger partial charge in [-0.25, -0.2) is 0 Å². The first-order valence-electron chi connectivity index (χ1n) is 7.52. The number of hydrogen-bond donors (Lipinski definition) is 1. The zero-order valence-electron chi connectivity index (χ0n) is 12.4. The molecule has 0 bridgehead atoms. The number of nitrogens with zero attached hydrogens (tertiary/aromatic N) is 3. The molecule has 2 aromatic heterocycles. The Bertz CT molecular complexity index is 636. The minimum absolute atomic E-state index is 0.556. The molecule has 2 atom stereocenters. The van der Waals surface area contributed by atoms with Crippen molar-refractivity contribution in [2.45, 2.75) is 20.4 Å². The lowest BCUT2D eigenvalue weighted by atomic mass is 10.0. The van der Waals surface area contributed by atoms with E-state index in [0.717, 1.165) is 61.6 Å². The number of aryl methyl sites for hydroxylation is 2. The molecule has 0 aliphatic carbocycles. The zero-order chi connectivity index (χ0) is 14.4. The molecule has 0 saturated carbocycles. The Morgan fingerprint density at radius 1 is 1.19 bits per heavy atom. The van der Waals surface area contributed by atoms with E-state index in [2.05, 4.69) is 20.4 Å². The molecule has 2 aliphatic heterocycles. The van der Waals surface area contributed by atoms with E-state index in [4.69, 9.17) is 8.83 Å². The highest BCUT2D eigenvalue weighted by molar-refractivity contribution is 5.55. The first kappa shape index (κ1) is 13.0. The third-order valence-electron chi connectivity index (χ3n) is 4.56. The predicted octanol–water partition coefficient (Wildman–Crippen LogP) is 1.60. The van der Waals surface area contributed by atoms with E-state index >= 15 is 0 Å². The van der Waals surface area contributed by atoms with Crippen molar-refractivity contribution in [3.05, 3.63) is 23.5 Å². The molecule has 0 aromatic carbocycles. The fourth-order valence-electron chi connectivity index (χ4n) is 3.54. The number of likely N-dealkylation sites (tertiary alicyclic amines) is 1. The van der Waals surface area contributed by atoms with Crippen molar-refractivity contribution in [2.24, 2.45) is 11.8 Å². The van der Waals surface area contributed by atoms with Crippen LogP contribution in [0, 0.1) is 25.7 Å². The minimum atomic E-state index is 0.556. The van der Waals surface area contributed by atoms with Gasteiger partial charge in [0.1, 0.15) is 11.5 Å². The van der Waals surface area contributed by atoms with E-state index in [0.29, 0.717) is 11.8 Å². The van der Waals surface area contributed by atoms with Crippen LogP contribution in [0.15, 0.2) is 14.9 Å². The summed E-state index contributed by atoms with van der Waals surface area (Å²) < 4.78 is 11.3. The van der Waals surface area contributed by atoms with Crippen LogP contribution >= 0.6 is 0 Å². The van der Waals surface area contributed by atoms with E-state index in [1.807, 2.05) is 19.9 Å². The number of nitrogens with one attached hydrogen (secondary N) is 1. The maximum absolute atomic E-state index is 5.81. The predicted molar refractivity (Wildman–Crippen MR) is 76.6 cm³/mol. The molecule has 1 N–H and O–H groups in total.